The van der Waals surface area contributed by atoms with E-state index >= 15 is 0 Å². The van der Waals surface area contributed by atoms with E-state index in [0.717, 1.165) is 11.1 Å². The molecule has 138 valence electrons. The Kier molecular flexibility index (Phi) is 7.87. The highest BCUT2D eigenvalue weighted by Crippen LogP contribution is 2.13. The maximum Gasteiger partial charge on any atom is 0.220 e. The minimum Gasteiger partial charge on any atom is -0.350 e. The fourth-order valence-electron chi connectivity index (χ4n) is 2.85. The van der Waals surface area contributed by atoms with E-state index < -0.39 is 0 Å². The Bertz CT molecular complexity index is 624. The Hall–Kier alpha value is -2.62. The first-order chi connectivity index (χ1) is 12.6. The predicted octanol–water partition coefficient (Wildman–Crippen LogP) is 4.30. The maximum absolute atomic E-state index is 12.0. The van der Waals surface area contributed by atoms with Crippen LogP contribution in [0.4, 0.5) is 0 Å². The quantitative estimate of drug-likeness (QED) is 0.661. The zero-order valence-corrected chi connectivity index (χ0v) is 15.6. The highest BCUT2D eigenvalue weighted by Gasteiger charge is 2.11. The normalized spacial score (nSPS) is 12.8. The molecule has 0 heterocycles. The van der Waals surface area contributed by atoms with Gasteiger partial charge in [0, 0.05) is 12.8 Å². The van der Waals surface area contributed by atoms with Crippen molar-refractivity contribution >= 4 is 11.8 Å². The van der Waals surface area contributed by atoms with Crippen LogP contribution in [0.15, 0.2) is 60.7 Å². The predicted molar refractivity (Wildman–Crippen MR) is 104 cm³/mol. The highest BCUT2D eigenvalue weighted by molar-refractivity contribution is 5.77. The van der Waals surface area contributed by atoms with Crippen molar-refractivity contribution in [2.45, 2.75) is 51.6 Å². The molecule has 0 aliphatic carbocycles. The van der Waals surface area contributed by atoms with Crippen LogP contribution in [-0.2, 0) is 9.59 Å². The van der Waals surface area contributed by atoms with Crippen LogP contribution in [0.1, 0.15) is 62.7 Å². The number of unbranched alkanes of at least 4 members (excludes halogenated alkanes) is 1. The molecule has 0 saturated carbocycles. The Morgan fingerprint density at radius 3 is 1.38 bits per heavy atom. The van der Waals surface area contributed by atoms with Gasteiger partial charge in [0.25, 0.3) is 0 Å². The number of benzene rings is 2. The van der Waals surface area contributed by atoms with Crippen molar-refractivity contribution in [1.82, 2.24) is 10.6 Å². The lowest BCUT2D eigenvalue weighted by molar-refractivity contribution is -0.123. The summed E-state index contributed by atoms with van der Waals surface area (Å²) in [5.41, 5.74) is 2.19. The fourth-order valence-corrected chi connectivity index (χ4v) is 2.85. The molecule has 0 aliphatic heterocycles. The summed E-state index contributed by atoms with van der Waals surface area (Å²) < 4.78 is 0. The number of hydrogen-bond acceptors (Lipinski definition) is 2. The minimum absolute atomic E-state index is 0.00118. The summed E-state index contributed by atoms with van der Waals surface area (Å²) >= 11 is 0. The first-order valence-electron chi connectivity index (χ1n) is 9.25. The minimum atomic E-state index is -0.00118. The first kappa shape index (κ1) is 19.7. The summed E-state index contributed by atoms with van der Waals surface area (Å²) in [4.78, 5) is 24.0. The SMILES string of the molecule is CC(NC(=O)CCCCC(=O)NC(C)c1ccccc1)c1ccccc1. The Morgan fingerprint density at radius 1 is 0.692 bits per heavy atom. The lowest BCUT2D eigenvalue weighted by Crippen LogP contribution is -2.27. The molecule has 2 amide bonds. The topological polar surface area (TPSA) is 58.2 Å². The van der Waals surface area contributed by atoms with Gasteiger partial charge in [0.15, 0.2) is 0 Å². The monoisotopic (exact) mass is 352 g/mol. The van der Waals surface area contributed by atoms with E-state index in [2.05, 4.69) is 10.6 Å². The number of nitrogens with one attached hydrogen (secondary N) is 2. The molecule has 0 aromatic heterocycles. The van der Waals surface area contributed by atoms with Crippen LogP contribution in [0, 0.1) is 0 Å². The van der Waals surface area contributed by atoms with Crippen LogP contribution in [0.25, 0.3) is 0 Å². The number of carbonyl (C=O) groups is 2. The molecule has 2 aromatic rings. The zero-order valence-electron chi connectivity index (χ0n) is 15.6. The maximum atomic E-state index is 12.0. The summed E-state index contributed by atoms with van der Waals surface area (Å²) in [6.45, 7) is 3.96. The van der Waals surface area contributed by atoms with Gasteiger partial charge in [0.1, 0.15) is 0 Å². The molecule has 0 spiro atoms. The Labute approximate surface area is 156 Å². The van der Waals surface area contributed by atoms with E-state index in [0.29, 0.717) is 25.7 Å². The van der Waals surface area contributed by atoms with Crippen molar-refractivity contribution in [1.29, 1.82) is 0 Å². The van der Waals surface area contributed by atoms with Gasteiger partial charge >= 0.3 is 0 Å². The molecule has 2 rings (SSSR count). The third-order valence-electron chi connectivity index (χ3n) is 4.41. The molecule has 26 heavy (non-hydrogen) atoms. The number of rotatable bonds is 9. The van der Waals surface area contributed by atoms with Crippen molar-refractivity contribution in [2.75, 3.05) is 0 Å². The molecule has 0 radical (unpaired) electrons. The third kappa shape index (κ3) is 6.71. The third-order valence-corrected chi connectivity index (χ3v) is 4.41. The lowest BCUT2D eigenvalue weighted by atomic mass is 10.1. The summed E-state index contributed by atoms with van der Waals surface area (Å²) in [7, 11) is 0. The van der Waals surface area contributed by atoms with Gasteiger partial charge in [-0.3, -0.25) is 9.59 Å². The average Bonchev–Trinajstić information content (AvgIpc) is 2.66. The summed E-state index contributed by atoms with van der Waals surface area (Å²) in [5, 5.41) is 6.00. The number of amides is 2. The second-order valence-corrected chi connectivity index (χ2v) is 6.61. The van der Waals surface area contributed by atoms with Crippen molar-refractivity contribution < 1.29 is 9.59 Å². The van der Waals surface area contributed by atoms with Crippen LogP contribution in [0.5, 0.6) is 0 Å². The average molecular weight is 352 g/mol. The van der Waals surface area contributed by atoms with Gasteiger partial charge in [0.2, 0.25) is 11.8 Å². The Balaban J connectivity index is 1.62. The lowest BCUT2D eigenvalue weighted by Gasteiger charge is -2.15. The van der Waals surface area contributed by atoms with Gasteiger partial charge in [-0.1, -0.05) is 60.7 Å². The molecule has 2 atom stereocenters. The molecule has 2 unspecified atom stereocenters. The fraction of sp³-hybridized carbons (Fsp3) is 0.364. The summed E-state index contributed by atoms with van der Waals surface area (Å²) in [5.74, 6) is 0.0545. The van der Waals surface area contributed by atoms with Gasteiger partial charge in [-0.2, -0.15) is 0 Å². The number of hydrogen-bond donors (Lipinski definition) is 2. The molecule has 0 fully saturated rings. The smallest absolute Gasteiger partial charge is 0.220 e. The van der Waals surface area contributed by atoms with Crippen LogP contribution in [-0.4, -0.2) is 11.8 Å². The van der Waals surface area contributed by atoms with Gasteiger partial charge in [-0.25, -0.2) is 0 Å². The molecule has 0 saturated heterocycles. The standard InChI is InChI=1S/C22H28N2O2/c1-17(19-11-5-3-6-12-19)23-21(25)15-9-10-16-22(26)24-18(2)20-13-7-4-8-14-20/h3-8,11-14,17-18H,9-10,15-16H2,1-2H3,(H,23,25)(H,24,26). The van der Waals surface area contributed by atoms with Crippen molar-refractivity contribution in [3.05, 3.63) is 71.8 Å². The number of carbonyl (C=O) groups excluding carboxylic acids is 2. The van der Waals surface area contributed by atoms with Crippen LogP contribution >= 0.6 is 0 Å². The Morgan fingerprint density at radius 2 is 1.04 bits per heavy atom. The summed E-state index contributed by atoms with van der Waals surface area (Å²) in [6, 6.07) is 19.8. The molecule has 2 N–H and O–H groups in total. The van der Waals surface area contributed by atoms with Gasteiger partial charge in [-0.05, 0) is 37.8 Å². The van der Waals surface area contributed by atoms with Crippen LogP contribution < -0.4 is 10.6 Å². The largest absolute Gasteiger partial charge is 0.350 e. The van der Waals surface area contributed by atoms with E-state index in [1.54, 1.807) is 0 Å². The van der Waals surface area contributed by atoms with E-state index in [-0.39, 0.29) is 23.9 Å². The molecule has 2 aromatic carbocycles. The van der Waals surface area contributed by atoms with E-state index in [9.17, 15) is 9.59 Å². The first-order valence-corrected chi connectivity index (χ1v) is 9.25. The molecule has 4 heteroatoms. The molecular weight excluding hydrogens is 324 g/mol. The van der Waals surface area contributed by atoms with E-state index in [1.807, 2.05) is 74.5 Å². The van der Waals surface area contributed by atoms with Crippen molar-refractivity contribution in [3.63, 3.8) is 0 Å². The summed E-state index contributed by atoms with van der Waals surface area (Å²) in [6.07, 6.45) is 2.30. The van der Waals surface area contributed by atoms with Crippen LogP contribution in [0.3, 0.4) is 0 Å². The second kappa shape index (κ2) is 10.4. The van der Waals surface area contributed by atoms with Crippen molar-refractivity contribution in [3.8, 4) is 0 Å². The second-order valence-electron chi connectivity index (χ2n) is 6.61. The molecular formula is C22H28N2O2. The van der Waals surface area contributed by atoms with Gasteiger partial charge < -0.3 is 10.6 Å². The highest BCUT2D eigenvalue weighted by atomic mass is 16.2. The van der Waals surface area contributed by atoms with Gasteiger partial charge in [-0.15, -0.1) is 0 Å². The molecule has 0 aliphatic rings. The van der Waals surface area contributed by atoms with Gasteiger partial charge in [0.05, 0.1) is 12.1 Å². The molecule has 0 bridgehead atoms. The zero-order chi connectivity index (χ0) is 18.8. The van der Waals surface area contributed by atoms with Crippen molar-refractivity contribution in [2.24, 2.45) is 0 Å². The molecule has 4 nitrogen and oxygen atoms in total. The van der Waals surface area contributed by atoms with Crippen LogP contribution in [0.2, 0.25) is 0 Å². The van der Waals surface area contributed by atoms with E-state index in [4.69, 9.17) is 0 Å². The van der Waals surface area contributed by atoms with E-state index in [1.165, 1.54) is 0 Å².